The topological polar surface area (TPSA) is 48.8 Å². The summed E-state index contributed by atoms with van der Waals surface area (Å²) < 4.78 is 18.2. The van der Waals surface area contributed by atoms with Crippen molar-refractivity contribution in [2.24, 2.45) is 7.05 Å². The van der Waals surface area contributed by atoms with E-state index in [0.717, 1.165) is 30.2 Å². The second kappa shape index (κ2) is 6.50. The van der Waals surface area contributed by atoms with Gasteiger partial charge in [-0.15, -0.1) is 0 Å². The molecule has 0 spiro atoms. The fourth-order valence-electron chi connectivity index (χ4n) is 2.72. The number of methoxy groups -OCH3 is 1. The van der Waals surface area contributed by atoms with Crippen LogP contribution in [-0.4, -0.2) is 34.6 Å². The lowest BCUT2D eigenvalue weighted by atomic mass is 10.1. The van der Waals surface area contributed by atoms with Crippen molar-refractivity contribution in [1.82, 2.24) is 14.7 Å². The Labute approximate surface area is 136 Å². The van der Waals surface area contributed by atoms with Gasteiger partial charge in [0, 0.05) is 37.9 Å². The van der Waals surface area contributed by atoms with Crippen LogP contribution >= 0.6 is 0 Å². The van der Waals surface area contributed by atoms with Crippen LogP contribution in [0.2, 0.25) is 0 Å². The van der Waals surface area contributed by atoms with Crippen LogP contribution in [0.3, 0.4) is 0 Å². The molecule has 1 aliphatic rings. The standard InChI is InChI=1S/C17H23N3O3/c1-12(2)20(10-14-7-18-19(3)8-14)9-13-5-15(21-4)17-16(6-13)22-11-23-17/h5-8,12H,9-11H2,1-4H3. The van der Waals surface area contributed by atoms with Gasteiger partial charge in [-0.2, -0.15) is 5.10 Å². The highest BCUT2D eigenvalue weighted by atomic mass is 16.7. The molecule has 0 N–H and O–H groups in total. The Balaban J connectivity index is 1.80. The molecule has 0 unspecified atom stereocenters. The van der Waals surface area contributed by atoms with Crippen molar-refractivity contribution < 1.29 is 14.2 Å². The van der Waals surface area contributed by atoms with E-state index in [2.05, 4.69) is 30.0 Å². The average Bonchev–Trinajstić information content (AvgIpc) is 3.14. The zero-order valence-corrected chi connectivity index (χ0v) is 14.1. The number of ether oxygens (including phenoxy) is 3. The van der Waals surface area contributed by atoms with E-state index in [-0.39, 0.29) is 6.79 Å². The maximum Gasteiger partial charge on any atom is 0.231 e. The average molecular weight is 317 g/mol. The van der Waals surface area contributed by atoms with Crippen LogP contribution in [0, 0.1) is 0 Å². The van der Waals surface area contributed by atoms with Gasteiger partial charge in [0.1, 0.15) is 0 Å². The Morgan fingerprint density at radius 1 is 1.26 bits per heavy atom. The first-order valence-corrected chi connectivity index (χ1v) is 7.75. The normalized spacial score (nSPS) is 13.1. The number of nitrogens with zero attached hydrogens (tertiary/aromatic N) is 3. The Morgan fingerprint density at radius 3 is 2.70 bits per heavy atom. The van der Waals surface area contributed by atoms with Gasteiger partial charge < -0.3 is 14.2 Å². The van der Waals surface area contributed by atoms with Crippen molar-refractivity contribution in [2.75, 3.05) is 13.9 Å². The summed E-state index contributed by atoms with van der Waals surface area (Å²) in [5.41, 5.74) is 2.34. The fourth-order valence-corrected chi connectivity index (χ4v) is 2.72. The molecule has 1 aromatic heterocycles. The molecule has 0 saturated carbocycles. The minimum absolute atomic E-state index is 0.249. The van der Waals surface area contributed by atoms with Gasteiger partial charge in [-0.25, -0.2) is 0 Å². The summed E-state index contributed by atoms with van der Waals surface area (Å²) in [5, 5.41) is 4.24. The lowest BCUT2D eigenvalue weighted by molar-refractivity contribution is 0.171. The van der Waals surface area contributed by atoms with Gasteiger partial charge in [-0.1, -0.05) is 0 Å². The summed E-state index contributed by atoms with van der Waals surface area (Å²) in [6, 6.07) is 4.46. The van der Waals surface area contributed by atoms with Crippen molar-refractivity contribution in [2.45, 2.75) is 33.0 Å². The molecule has 6 heteroatoms. The summed E-state index contributed by atoms with van der Waals surface area (Å²) in [5.74, 6) is 2.17. The lowest BCUT2D eigenvalue weighted by Crippen LogP contribution is -2.29. The second-order valence-electron chi connectivity index (χ2n) is 6.05. The molecule has 2 heterocycles. The Bertz CT molecular complexity index is 682. The number of rotatable bonds is 6. The third-order valence-corrected chi connectivity index (χ3v) is 3.98. The first kappa shape index (κ1) is 15.7. The third kappa shape index (κ3) is 3.42. The van der Waals surface area contributed by atoms with Gasteiger partial charge in [-0.05, 0) is 31.5 Å². The number of fused-ring (bicyclic) bond motifs is 1. The van der Waals surface area contributed by atoms with Crippen LogP contribution in [0.15, 0.2) is 24.5 Å². The highest BCUT2D eigenvalue weighted by Crippen LogP contribution is 2.42. The summed E-state index contributed by atoms with van der Waals surface area (Å²) in [6.45, 7) is 6.29. The van der Waals surface area contributed by atoms with E-state index in [0.29, 0.717) is 11.8 Å². The molecular weight excluding hydrogens is 294 g/mol. The molecule has 0 saturated heterocycles. The molecule has 0 amide bonds. The van der Waals surface area contributed by atoms with Crippen LogP contribution in [0.1, 0.15) is 25.0 Å². The largest absolute Gasteiger partial charge is 0.493 e. The van der Waals surface area contributed by atoms with E-state index < -0.39 is 0 Å². The number of benzene rings is 1. The van der Waals surface area contributed by atoms with Gasteiger partial charge in [0.25, 0.3) is 0 Å². The predicted molar refractivity (Wildman–Crippen MR) is 86.7 cm³/mol. The minimum atomic E-state index is 0.249. The third-order valence-electron chi connectivity index (χ3n) is 3.98. The van der Waals surface area contributed by atoms with Crippen molar-refractivity contribution in [1.29, 1.82) is 0 Å². The molecule has 1 aromatic carbocycles. The van der Waals surface area contributed by atoms with E-state index in [1.165, 1.54) is 5.56 Å². The van der Waals surface area contributed by atoms with Crippen LogP contribution in [-0.2, 0) is 20.1 Å². The highest BCUT2D eigenvalue weighted by Gasteiger charge is 2.21. The summed E-state index contributed by atoms with van der Waals surface area (Å²) in [4.78, 5) is 2.38. The van der Waals surface area contributed by atoms with Gasteiger partial charge in [0.15, 0.2) is 11.5 Å². The van der Waals surface area contributed by atoms with Crippen LogP contribution in [0.4, 0.5) is 0 Å². The van der Waals surface area contributed by atoms with E-state index in [4.69, 9.17) is 14.2 Å². The van der Waals surface area contributed by atoms with E-state index in [1.54, 1.807) is 7.11 Å². The van der Waals surface area contributed by atoms with E-state index in [9.17, 15) is 0 Å². The Kier molecular flexibility index (Phi) is 4.43. The summed E-state index contributed by atoms with van der Waals surface area (Å²) in [7, 11) is 3.59. The monoisotopic (exact) mass is 317 g/mol. The quantitative estimate of drug-likeness (QED) is 0.819. The molecule has 6 nitrogen and oxygen atoms in total. The van der Waals surface area contributed by atoms with Crippen molar-refractivity contribution >= 4 is 0 Å². The number of hydrogen-bond donors (Lipinski definition) is 0. The second-order valence-corrected chi connectivity index (χ2v) is 6.05. The van der Waals surface area contributed by atoms with Gasteiger partial charge >= 0.3 is 0 Å². The maximum atomic E-state index is 5.51. The molecule has 0 atom stereocenters. The molecule has 0 bridgehead atoms. The summed E-state index contributed by atoms with van der Waals surface area (Å²) >= 11 is 0. The number of aryl methyl sites for hydroxylation is 1. The van der Waals surface area contributed by atoms with Crippen LogP contribution < -0.4 is 14.2 Å². The van der Waals surface area contributed by atoms with Gasteiger partial charge in [0.2, 0.25) is 12.5 Å². The highest BCUT2D eigenvalue weighted by molar-refractivity contribution is 5.55. The van der Waals surface area contributed by atoms with Crippen molar-refractivity contribution in [3.63, 3.8) is 0 Å². The molecule has 0 fully saturated rings. The zero-order valence-electron chi connectivity index (χ0n) is 14.1. The number of hydrogen-bond acceptors (Lipinski definition) is 5. The first-order valence-electron chi connectivity index (χ1n) is 7.75. The minimum Gasteiger partial charge on any atom is -0.493 e. The smallest absolute Gasteiger partial charge is 0.231 e. The Morgan fingerprint density at radius 2 is 2.04 bits per heavy atom. The van der Waals surface area contributed by atoms with E-state index in [1.807, 2.05) is 30.1 Å². The van der Waals surface area contributed by atoms with Gasteiger partial charge in [0.05, 0.1) is 13.3 Å². The van der Waals surface area contributed by atoms with Crippen molar-refractivity contribution in [3.05, 3.63) is 35.7 Å². The van der Waals surface area contributed by atoms with Crippen LogP contribution in [0.25, 0.3) is 0 Å². The number of aromatic nitrogens is 2. The predicted octanol–water partition coefficient (Wildman–Crippen LogP) is 2.57. The first-order chi connectivity index (χ1) is 11.1. The molecule has 23 heavy (non-hydrogen) atoms. The van der Waals surface area contributed by atoms with Gasteiger partial charge in [-0.3, -0.25) is 9.58 Å². The molecule has 124 valence electrons. The SMILES string of the molecule is COc1cc(CN(Cc2cnn(C)c2)C(C)C)cc2c1OCO2. The Hall–Kier alpha value is -2.21. The van der Waals surface area contributed by atoms with Crippen LogP contribution in [0.5, 0.6) is 17.2 Å². The lowest BCUT2D eigenvalue weighted by Gasteiger charge is -2.26. The molecule has 2 aromatic rings. The zero-order chi connectivity index (χ0) is 16.4. The maximum absolute atomic E-state index is 5.51. The fraction of sp³-hybridized carbons (Fsp3) is 0.471. The molecule has 3 rings (SSSR count). The molecular formula is C17H23N3O3. The van der Waals surface area contributed by atoms with Crippen molar-refractivity contribution in [3.8, 4) is 17.2 Å². The molecule has 1 aliphatic heterocycles. The summed E-state index contributed by atoms with van der Waals surface area (Å²) in [6.07, 6.45) is 3.96. The molecule has 0 radical (unpaired) electrons. The molecule has 0 aliphatic carbocycles. The van der Waals surface area contributed by atoms with E-state index >= 15 is 0 Å².